The van der Waals surface area contributed by atoms with Gasteiger partial charge in [0, 0.05) is 233 Å². The molecule has 9 aromatic heterocycles. The number of carbonyl (C=O) groups is 3. The van der Waals surface area contributed by atoms with Gasteiger partial charge in [0.2, 0.25) is 0 Å². The number of piperazine rings is 3. The zero-order valence-corrected chi connectivity index (χ0v) is 54.7. The standard InChI is InChI=1S/C26H28N6O.2C25H26N6O/c1-3-31-8-10-32(11-9-31)26-14-20(6-7-27-26)25(33)15-24-13-22-12-19(4-5-21(22)16-28-24)23-17-29-30(2)18-23;1-29-7-9-31(10-8-29)25-13-19(5-6-26-25)24(32)14-23-12-21-11-18(3-4-20(21)15-27-23)22-16-28-30(2)17-22;1-29-7-9-31(10-8-29)25-6-5-20(15-27-25)24(32)13-23-12-21-11-18(3-4-19(21)14-26-23)22-16-28-30(2)17-22/h4-7,12-14,16-18H,3,8-11,15H2,1-2H3;3-6,11-13,15-17H,7-10,14H2,1-2H3;3-6,11-12,14-17H,7-10,13H2,1-2H3/i2D3,3D2;2D3;. The lowest BCUT2D eigenvalue weighted by Gasteiger charge is -2.34. The van der Waals surface area contributed by atoms with Gasteiger partial charge >= 0.3 is 0 Å². The number of anilines is 3. The molecule has 492 valence electrons. The Morgan fingerprint density at radius 2 is 0.763 bits per heavy atom. The van der Waals surface area contributed by atoms with Crippen LogP contribution >= 0.6 is 0 Å². The van der Waals surface area contributed by atoms with E-state index >= 15 is 0 Å². The molecule has 3 aliphatic rings. The van der Waals surface area contributed by atoms with Crippen molar-refractivity contribution in [3.8, 4) is 33.4 Å². The van der Waals surface area contributed by atoms with Crippen molar-refractivity contribution < 1.29 is 25.3 Å². The second kappa shape index (κ2) is 29.5. The lowest BCUT2D eigenvalue weighted by atomic mass is 10.0. The van der Waals surface area contributed by atoms with E-state index in [-0.39, 0.29) is 36.6 Å². The number of Topliss-reactive ketones (excluding diaryl/α,β-unsaturated/α-hetero) is 3. The van der Waals surface area contributed by atoms with Gasteiger partial charge in [-0.25, -0.2) is 15.0 Å². The van der Waals surface area contributed by atoms with E-state index in [1.54, 1.807) is 71.9 Å². The number of aryl methyl sites for hydroxylation is 3. The van der Waals surface area contributed by atoms with Gasteiger partial charge in [0.25, 0.3) is 0 Å². The molecule has 3 aliphatic heterocycles. The quantitative estimate of drug-likeness (QED) is 0.0826. The summed E-state index contributed by atoms with van der Waals surface area (Å²) in [6.07, 6.45) is 20.8. The molecule has 21 heteroatoms. The highest BCUT2D eigenvalue weighted by atomic mass is 16.1. The number of fused-ring (bicyclic) bond motifs is 3. The molecule has 21 nitrogen and oxygen atoms in total. The van der Waals surface area contributed by atoms with Crippen molar-refractivity contribution in [1.29, 1.82) is 0 Å². The Bertz CT molecular complexity index is 5110. The maximum absolute atomic E-state index is 13.1. The van der Waals surface area contributed by atoms with Gasteiger partial charge in [-0.15, -0.1) is 0 Å². The van der Waals surface area contributed by atoms with Crippen molar-refractivity contribution in [2.24, 2.45) is 21.0 Å². The summed E-state index contributed by atoms with van der Waals surface area (Å²) in [5.41, 5.74) is 9.11. The number of benzene rings is 3. The van der Waals surface area contributed by atoms with E-state index in [4.69, 9.17) is 11.0 Å². The molecule has 3 fully saturated rings. The van der Waals surface area contributed by atoms with Crippen LogP contribution in [0.5, 0.6) is 0 Å². The van der Waals surface area contributed by atoms with Crippen LogP contribution < -0.4 is 14.7 Å². The van der Waals surface area contributed by atoms with Gasteiger partial charge < -0.3 is 29.4 Å². The molecule has 3 aromatic carbocycles. The summed E-state index contributed by atoms with van der Waals surface area (Å²) in [6.45, 7) is 5.70. The third kappa shape index (κ3) is 16.0. The predicted octanol–water partition coefficient (Wildman–Crippen LogP) is 10.0. The van der Waals surface area contributed by atoms with E-state index in [0.29, 0.717) is 71.2 Å². The molecule has 97 heavy (non-hydrogen) atoms. The van der Waals surface area contributed by atoms with Crippen LogP contribution in [0.3, 0.4) is 0 Å². The van der Waals surface area contributed by atoms with Crippen molar-refractivity contribution in [1.82, 2.24) is 73.9 Å². The van der Waals surface area contributed by atoms with Gasteiger partial charge in [-0.3, -0.25) is 43.4 Å². The molecule has 12 heterocycles. The van der Waals surface area contributed by atoms with Gasteiger partial charge in [-0.05, 0) is 126 Å². The molecule has 0 radical (unpaired) electrons. The van der Waals surface area contributed by atoms with Crippen LogP contribution in [0.15, 0.2) is 184 Å². The molecule has 0 aliphatic carbocycles. The first-order valence-corrected chi connectivity index (χ1v) is 32.4. The van der Waals surface area contributed by atoms with E-state index < -0.39 is 20.4 Å². The third-order valence-electron chi connectivity index (χ3n) is 18.0. The van der Waals surface area contributed by atoms with Gasteiger partial charge in [0.15, 0.2) is 17.3 Å². The average molecular weight is 1300 g/mol. The fraction of sp³-hybridized carbons (Fsp3) is 0.289. The number of nitrogens with zero attached hydrogens (tertiary/aromatic N) is 18. The molecule has 0 unspecified atom stereocenters. The Kier molecular flexibility index (Phi) is 16.9. The first-order valence-electron chi connectivity index (χ1n) is 36.4. The summed E-state index contributed by atoms with van der Waals surface area (Å²) in [6, 6.07) is 34.5. The summed E-state index contributed by atoms with van der Waals surface area (Å²) in [4.78, 5) is 78.9. The minimum absolute atomic E-state index is 0.00950. The zero-order chi connectivity index (χ0) is 73.7. The zero-order valence-electron chi connectivity index (χ0n) is 62.7. The number of aromatic nitrogens is 12. The van der Waals surface area contributed by atoms with Crippen molar-refractivity contribution >= 4 is 67.1 Å². The number of pyridine rings is 6. The Balaban J connectivity index is 0.000000140. The molecule has 0 amide bonds. The van der Waals surface area contributed by atoms with Gasteiger partial charge in [0.05, 0.1) is 37.9 Å². The Hall–Kier alpha value is -10.7. The van der Waals surface area contributed by atoms with E-state index in [1.807, 2.05) is 98.4 Å². The highest BCUT2D eigenvalue weighted by molar-refractivity contribution is 6.00. The van der Waals surface area contributed by atoms with Gasteiger partial charge in [-0.2, -0.15) is 15.3 Å². The Labute approximate surface area is 575 Å². The number of carbonyl (C=O) groups excluding carboxylic acids is 3. The maximum Gasteiger partial charge on any atom is 0.170 e. The number of likely N-dealkylation sites (N-methyl/N-ethyl adjacent to an activating group) is 3. The average Bonchev–Trinajstić information content (AvgIpc) is 1.80. The first-order chi connectivity index (χ1) is 50.3. The van der Waals surface area contributed by atoms with Crippen LogP contribution in [-0.4, -0.2) is 190 Å². The first kappa shape index (κ1) is 55.5. The van der Waals surface area contributed by atoms with Crippen molar-refractivity contribution in [3.63, 3.8) is 0 Å². The molecular formula is C76H80N18O3. The molecule has 12 aromatic rings. The van der Waals surface area contributed by atoms with Crippen LogP contribution in [0.4, 0.5) is 17.5 Å². The van der Waals surface area contributed by atoms with E-state index in [2.05, 4.69) is 102 Å². The lowest BCUT2D eigenvalue weighted by molar-refractivity contribution is 0.0983. The summed E-state index contributed by atoms with van der Waals surface area (Å²) in [5.74, 6) is 2.42. The third-order valence-corrected chi connectivity index (χ3v) is 18.0. The van der Waals surface area contributed by atoms with Crippen molar-refractivity contribution in [3.05, 3.63) is 217 Å². The smallest absolute Gasteiger partial charge is 0.170 e. The summed E-state index contributed by atoms with van der Waals surface area (Å²) in [5, 5.41) is 18.0. The molecule has 0 N–H and O–H groups in total. The van der Waals surface area contributed by atoms with E-state index in [0.717, 1.165) is 134 Å². The van der Waals surface area contributed by atoms with Gasteiger partial charge in [0.1, 0.15) is 17.5 Å². The number of rotatable bonds is 16. The molecule has 0 saturated carbocycles. The molecule has 0 bridgehead atoms. The molecule has 0 atom stereocenters. The van der Waals surface area contributed by atoms with E-state index in [9.17, 15) is 14.4 Å². The summed E-state index contributed by atoms with van der Waals surface area (Å²) < 4.78 is 64.6. The maximum atomic E-state index is 13.1. The SMILES string of the molecule is CN1CCN(c2ccc(C(=O)Cc3cc4cc(-c5cnn(C)c5)ccc4cn3)cn2)CC1.[2H]C([2H])(C)N1CCN(c2cc(C(=O)Cc3cc4cc(-c5cnn(C([2H])([2H])[2H])c5)ccc4cn3)ccn2)CC1.[2H]C([2H])([2H])n1cc(-c2ccc3cnc(CC(=O)c4ccnc(N5CCN(C)CC5)c4)cc3c2)cn1. The van der Waals surface area contributed by atoms with Crippen LogP contribution in [0.1, 0.15) is 66.0 Å². The summed E-state index contributed by atoms with van der Waals surface area (Å²) >= 11 is 0. The number of ketones is 3. The van der Waals surface area contributed by atoms with Gasteiger partial charge in [-0.1, -0.05) is 43.3 Å². The molecular weight excluding hydrogens is 1210 g/mol. The Morgan fingerprint density at radius 1 is 0.371 bits per heavy atom. The fourth-order valence-corrected chi connectivity index (χ4v) is 12.2. The van der Waals surface area contributed by atoms with Crippen LogP contribution in [0, 0.1) is 0 Å². The second-order valence-electron chi connectivity index (χ2n) is 24.8. The fourth-order valence-electron chi connectivity index (χ4n) is 12.2. The lowest BCUT2D eigenvalue weighted by Crippen LogP contribution is -2.46. The van der Waals surface area contributed by atoms with Crippen LogP contribution in [0.25, 0.3) is 65.7 Å². The second-order valence-corrected chi connectivity index (χ2v) is 24.8. The highest BCUT2D eigenvalue weighted by Crippen LogP contribution is 2.29. The highest BCUT2D eigenvalue weighted by Gasteiger charge is 2.22. The monoisotopic (exact) mass is 1300 g/mol. The van der Waals surface area contributed by atoms with E-state index in [1.165, 1.54) is 18.6 Å². The molecule has 0 spiro atoms. The topological polar surface area (TPSA) is 201 Å². The van der Waals surface area contributed by atoms with Crippen LogP contribution in [0.2, 0.25) is 0 Å². The number of hydrogen-bond donors (Lipinski definition) is 0. The molecule has 15 rings (SSSR count). The minimum atomic E-state index is -2.33. The minimum Gasteiger partial charge on any atom is -0.354 e. The molecule has 3 saturated heterocycles. The van der Waals surface area contributed by atoms with Crippen molar-refractivity contribution in [2.75, 3.05) is 114 Å². The summed E-state index contributed by atoms with van der Waals surface area (Å²) in [7, 11) is 6.14. The number of hydrogen-bond acceptors (Lipinski definition) is 18. The predicted molar refractivity (Wildman–Crippen MR) is 382 cm³/mol. The normalized spacial score (nSPS) is 16.4. The largest absolute Gasteiger partial charge is 0.354 e. The Morgan fingerprint density at radius 3 is 1.14 bits per heavy atom. The van der Waals surface area contributed by atoms with Crippen molar-refractivity contribution in [2.45, 2.75) is 26.2 Å². The van der Waals surface area contributed by atoms with Crippen LogP contribution in [-0.2, 0) is 40.3 Å².